The van der Waals surface area contributed by atoms with Gasteiger partial charge < -0.3 is 10.2 Å². The van der Waals surface area contributed by atoms with E-state index in [0.29, 0.717) is 23.0 Å². The Balaban J connectivity index is 1.76. The predicted octanol–water partition coefficient (Wildman–Crippen LogP) is 2.41. The molecule has 0 saturated carbocycles. The van der Waals surface area contributed by atoms with Crippen molar-refractivity contribution in [3.8, 4) is 0 Å². The van der Waals surface area contributed by atoms with Gasteiger partial charge in [0.05, 0.1) is 5.56 Å². The lowest BCUT2D eigenvalue weighted by molar-refractivity contribution is 0.0657. The maximum absolute atomic E-state index is 13.8. The van der Waals surface area contributed by atoms with E-state index in [4.69, 9.17) is 0 Å². The van der Waals surface area contributed by atoms with Crippen molar-refractivity contribution in [1.29, 1.82) is 0 Å². The lowest BCUT2D eigenvalue weighted by atomic mass is 9.93. The Kier molecular flexibility index (Phi) is 3.58. The highest BCUT2D eigenvalue weighted by Gasteiger charge is 2.35. The zero-order valence-electron chi connectivity index (χ0n) is 10.5. The summed E-state index contributed by atoms with van der Waals surface area (Å²) in [5, 5.41) is 3.46. The number of fused-ring (bicyclic) bond motifs is 1. The van der Waals surface area contributed by atoms with E-state index < -0.39 is 5.82 Å². The van der Waals surface area contributed by atoms with E-state index in [1.54, 1.807) is 17.0 Å². The maximum atomic E-state index is 13.8. The van der Waals surface area contributed by atoms with Gasteiger partial charge >= 0.3 is 0 Å². The number of benzene rings is 1. The molecular weight excluding hydrogens is 311 g/mol. The number of nitrogens with one attached hydrogen (secondary N) is 1. The van der Waals surface area contributed by atoms with Crippen molar-refractivity contribution in [1.82, 2.24) is 10.2 Å². The van der Waals surface area contributed by atoms with Gasteiger partial charge in [0.2, 0.25) is 0 Å². The van der Waals surface area contributed by atoms with Gasteiger partial charge in [0, 0.05) is 23.6 Å². The van der Waals surface area contributed by atoms with Crippen molar-refractivity contribution < 1.29 is 9.18 Å². The van der Waals surface area contributed by atoms with Crippen molar-refractivity contribution in [2.24, 2.45) is 5.92 Å². The monoisotopic (exact) mass is 326 g/mol. The summed E-state index contributed by atoms with van der Waals surface area (Å²) in [4.78, 5) is 14.2. The van der Waals surface area contributed by atoms with Gasteiger partial charge in [0.15, 0.2) is 0 Å². The highest BCUT2D eigenvalue weighted by Crippen LogP contribution is 2.26. The predicted molar refractivity (Wildman–Crippen MR) is 74.5 cm³/mol. The Morgan fingerprint density at radius 1 is 1.42 bits per heavy atom. The SMILES string of the molecule is O=C(c1ccc(Br)cc1F)N1CCC2NCCC2C1. The van der Waals surface area contributed by atoms with Gasteiger partial charge in [0.25, 0.3) is 5.91 Å². The van der Waals surface area contributed by atoms with Crippen molar-refractivity contribution in [2.75, 3.05) is 19.6 Å². The first-order valence-electron chi connectivity index (χ1n) is 6.63. The fraction of sp³-hybridized carbons (Fsp3) is 0.500. The van der Waals surface area contributed by atoms with Gasteiger partial charge in [-0.1, -0.05) is 15.9 Å². The van der Waals surface area contributed by atoms with E-state index in [9.17, 15) is 9.18 Å². The van der Waals surface area contributed by atoms with Crippen molar-refractivity contribution >= 4 is 21.8 Å². The number of halogens is 2. The topological polar surface area (TPSA) is 32.3 Å². The number of likely N-dealkylation sites (tertiary alicyclic amines) is 1. The third-order valence-electron chi connectivity index (χ3n) is 4.10. The van der Waals surface area contributed by atoms with Crippen LogP contribution in [0.1, 0.15) is 23.2 Å². The first-order chi connectivity index (χ1) is 9.15. The van der Waals surface area contributed by atoms with Crippen LogP contribution >= 0.6 is 15.9 Å². The van der Waals surface area contributed by atoms with Crippen LogP contribution in [0.25, 0.3) is 0 Å². The number of hydrogen-bond donors (Lipinski definition) is 1. The molecule has 0 aliphatic carbocycles. The van der Waals surface area contributed by atoms with Gasteiger partial charge in [-0.25, -0.2) is 4.39 Å². The molecule has 1 amide bonds. The minimum absolute atomic E-state index is 0.174. The molecule has 2 atom stereocenters. The van der Waals surface area contributed by atoms with Crippen LogP contribution in [0.5, 0.6) is 0 Å². The Hall–Kier alpha value is -0.940. The van der Waals surface area contributed by atoms with E-state index in [1.165, 1.54) is 6.07 Å². The molecule has 2 unspecified atom stereocenters. The zero-order valence-corrected chi connectivity index (χ0v) is 12.1. The summed E-state index contributed by atoms with van der Waals surface area (Å²) in [6, 6.07) is 5.15. The molecule has 0 spiro atoms. The Morgan fingerprint density at radius 3 is 3.05 bits per heavy atom. The third-order valence-corrected chi connectivity index (χ3v) is 4.60. The Bertz CT molecular complexity index is 508. The third kappa shape index (κ3) is 2.54. The molecule has 102 valence electrons. The van der Waals surface area contributed by atoms with Crippen LogP contribution in [-0.4, -0.2) is 36.5 Å². The van der Waals surface area contributed by atoms with E-state index in [-0.39, 0.29) is 11.5 Å². The average molecular weight is 327 g/mol. The zero-order chi connectivity index (χ0) is 13.4. The number of hydrogen-bond acceptors (Lipinski definition) is 2. The fourth-order valence-electron chi connectivity index (χ4n) is 3.07. The molecule has 2 aliphatic heterocycles. The molecule has 5 heteroatoms. The van der Waals surface area contributed by atoms with Crippen molar-refractivity contribution in [2.45, 2.75) is 18.9 Å². The van der Waals surface area contributed by atoms with E-state index in [0.717, 1.165) is 25.9 Å². The van der Waals surface area contributed by atoms with Crippen molar-refractivity contribution in [3.05, 3.63) is 34.1 Å². The van der Waals surface area contributed by atoms with Crippen LogP contribution in [0.4, 0.5) is 4.39 Å². The van der Waals surface area contributed by atoms with Crippen LogP contribution in [0, 0.1) is 11.7 Å². The average Bonchev–Trinajstić information content (AvgIpc) is 2.85. The second-order valence-electron chi connectivity index (χ2n) is 5.27. The smallest absolute Gasteiger partial charge is 0.256 e. The summed E-state index contributed by atoms with van der Waals surface area (Å²) >= 11 is 3.21. The molecule has 2 heterocycles. The Labute approximate surface area is 120 Å². The van der Waals surface area contributed by atoms with Crippen molar-refractivity contribution in [3.63, 3.8) is 0 Å². The summed E-state index contributed by atoms with van der Waals surface area (Å²) in [5.41, 5.74) is 0.174. The van der Waals surface area contributed by atoms with E-state index in [1.807, 2.05) is 0 Å². The summed E-state index contributed by atoms with van der Waals surface area (Å²) in [6.07, 6.45) is 2.08. The molecule has 1 aromatic carbocycles. The second kappa shape index (κ2) is 5.21. The highest BCUT2D eigenvalue weighted by molar-refractivity contribution is 9.10. The highest BCUT2D eigenvalue weighted by atomic mass is 79.9. The number of amides is 1. The molecule has 2 fully saturated rings. The van der Waals surface area contributed by atoms with Gasteiger partial charge in [0.1, 0.15) is 5.82 Å². The number of carbonyl (C=O) groups excluding carboxylic acids is 1. The quantitative estimate of drug-likeness (QED) is 0.859. The molecular formula is C14H16BrFN2O. The molecule has 0 bridgehead atoms. The molecule has 2 saturated heterocycles. The lowest BCUT2D eigenvalue weighted by Gasteiger charge is -2.35. The number of carbonyl (C=O) groups is 1. The summed E-state index contributed by atoms with van der Waals surface area (Å²) in [5.74, 6) is -0.113. The molecule has 3 nitrogen and oxygen atoms in total. The number of nitrogens with zero attached hydrogens (tertiary/aromatic N) is 1. The van der Waals surface area contributed by atoms with Crippen LogP contribution in [0.3, 0.4) is 0 Å². The number of rotatable bonds is 1. The van der Waals surface area contributed by atoms with Gasteiger partial charge in [-0.3, -0.25) is 4.79 Å². The van der Waals surface area contributed by atoms with E-state index >= 15 is 0 Å². The normalized spacial score (nSPS) is 26.3. The molecule has 19 heavy (non-hydrogen) atoms. The largest absolute Gasteiger partial charge is 0.338 e. The molecule has 3 rings (SSSR count). The van der Waals surface area contributed by atoms with Crippen LogP contribution in [0.15, 0.2) is 22.7 Å². The first-order valence-corrected chi connectivity index (χ1v) is 7.42. The van der Waals surface area contributed by atoms with Gasteiger partial charge in [-0.05, 0) is 43.5 Å². The summed E-state index contributed by atoms with van der Waals surface area (Å²) in [6.45, 7) is 2.48. The maximum Gasteiger partial charge on any atom is 0.256 e. The standard InChI is InChI=1S/C14H16BrFN2O/c15-10-1-2-11(12(16)7-10)14(19)18-6-4-13-9(8-18)3-5-17-13/h1-2,7,9,13,17H,3-6,8H2. The molecule has 0 radical (unpaired) electrons. The van der Waals surface area contributed by atoms with Crippen LogP contribution < -0.4 is 5.32 Å². The van der Waals surface area contributed by atoms with Crippen LogP contribution in [0.2, 0.25) is 0 Å². The van der Waals surface area contributed by atoms with Gasteiger partial charge in [-0.15, -0.1) is 0 Å². The minimum atomic E-state index is -0.453. The first kappa shape index (κ1) is 13.1. The molecule has 2 aliphatic rings. The second-order valence-corrected chi connectivity index (χ2v) is 6.19. The fourth-order valence-corrected chi connectivity index (χ4v) is 3.40. The Morgan fingerprint density at radius 2 is 2.26 bits per heavy atom. The van der Waals surface area contributed by atoms with E-state index in [2.05, 4.69) is 21.2 Å². The van der Waals surface area contributed by atoms with Gasteiger partial charge in [-0.2, -0.15) is 0 Å². The summed E-state index contributed by atoms with van der Waals surface area (Å²) < 4.78 is 14.5. The molecule has 1 N–H and O–H groups in total. The summed E-state index contributed by atoms with van der Waals surface area (Å²) in [7, 11) is 0. The minimum Gasteiger partial charge on any atom is -0.338 e. The number of piperidine rings is 1. The molecule has 1 aromatic rings. The lowest BCUT2D eigenvalue weighted by Crippen LogP contribution is -2.47. The van der Waals surface area contributed by atoms with Crippen LogP contribution in [-0.2, 0) is 0 Å². The molecule has 0 aromatic heterocycles.